The molecule has 0 amide bonds. The summed E-state index contributed by atoms with van der Waals surface area (Å²) < 4.78 is 6.35. The molecule has 0 N–H and O–H groups in total. The summed E-state index contributed by atoms with van der Waals surface area (Å²) in [7, 11) is 0. The van der Waals surface area contributed by atoms with Crippen LogP contribution < -0.4 is 4.74 Å². The summed E-state index contributed by atoms with van der Waals surface area (Å²) in [5.74, 6) is 0.770. The summed E-state index contributed by atoms with van der Waals surface area (Å²) >= 11 is 3.34. The molecule has 0 aliphatic heterocycles. The SMILES string of the molecule is O=Cc1cccc(OC2CC2)c1Br. The molecule has 0 spiro atoms. The number of ether oxygens (including phenoxy) is 1. The molecule has 0 radical (unpaired) electrons. The molecule has 1 aliphatic rings. The van der Waals surface area contributed by atoms with Gasteiger partial charge >= 0.3 is 0 Å². The number of rotatable bonds is 3. The number of benzene rings is 1. The number of carbonyl (C=O) groups is 1. The molecule has 0 aromatic heterocycles. The first-order chi connectivity index (χ1) is 6.31. The van der Waals surface area contributed by atoms with Crippen LogP contribution in [0.2, 0.25) is 0 Å². The van der Waals surface area contributed by atoms with Crippen LogP contribution in [0.5, 0.6) is 5.75 Å². The molecule has 1 aromatic carbocycles. The molecule has 0 bridgehead atoms. The van der Waals surface area contributed by atoms with Crippen molar-refractivity contribution in [3.63, 3.8) is 0 Å². The molecule has 0 atom stereocenters. The maximum atomic E-state index is 10.6. The van der Waals surface area contributed by atoms with Gasteiger partial charge in [-0.3, -0.25) is 4.79 Å². The van der Waals surface area contributed by atoms with Crippen LogP contribution in [-0.4, -0.2) is 12.4 Å². The molecule has 0 saturated heterocycles. The predicted molar refractivity (Wildman–Crippen MR) is 53.2 cm³/mol. The zero-order valence-electron chi connectivity index (χ0n) is 7.00. The van der Waals surface area contributed by atoms with Gasteiger partial charge in [-0.1, -0.05) is 12.1 Å². The van der Waals surface area contributed by atoms with E-state index in [9.17, 15) is 4.79 Å². The van der Waals surface area contributed by atoms with Crippen LogP contribution in [0.1, 0.15) is 23.2 Å². The van der Waals surface area contributed by atoms with E-state index in [1.807, 2.05) is 12.1 Å². The van der Waals surface area contributed by atoms with Crippen molar-refractivity contribution in [1.29, 1.82) is 0 Å². The van der Waals surface area contributed by atoms with E-state index in [2.05, 4.69) is 15.9 Å². The topological polar surface area (TPSA) is 26.3 Å². The summed E-state index contributed by atoms with van der Waals surface area (Å²) in [6, 6.07) is 5.46. The van der Waals surface area contributed by atoms with Gasteiger partial charge in [0.25, 0.3) is 0 Å². The molecule has 3 heteroatoms. The van der Waals surface area contributed by atoms with Crippen LogP contribution in [0.15, 0.2) is 22.7 Å². The van der Waals surface area contributed by atoms with E-state index < -0.39 is 0 Å². The van der Waals surface area contributed by atoms with E-state index in [1.165, 1.54) is 0 Å². The first-order valence-corrected chi connectivity index (χ1v) is 5.01. The average molecular weight is 241 g/mol. The fourth-order valence-electron chi connectivity index (χ4n) is 1.08. The highest BCUT2D eigenvalue weighted by Gasteiger charge is 2.24. The molecule has 1 aromatic rings. The van der Waals surface area contributed by atoms with Crippen molar-refractivity contribution in [2.75, 3.05) is 0 Å². The van der Waals surface area contributed by atoms with Crippen LogP contribution in [0.25, 0.3) is 0 Å². The quantitative estimate of drug-likeness (QED) is 0.760. The second-order valence-electron chi connectivity index (χ2n) is 3.09. The van der Waals surface area contributed by atoms with Gasteiger partial charge in [-0.2, -0.15) is 0 Å². The molecule has 2 rings (SSSR count). The van der Waals surface area contributed by atoms with Crippen molar-refractivity contribution in [3.8, 4) is 5.75 Å². The highest BCUT2D eigenvalue weighted by atomic mass is 79.9. The minimum atomic E-state index is 0.359. The van der Waals surface area contributed by atoms with Crippen LogP contribution in [0.3, 0.4) is 0 Å². The van der Waals surface area contributed by atoms with Crippen molar-refractivity contribution in [2.24, 2.45) is 0 Å². The van der Waals surface area contributed by atoms with Gasteiger partial charge in [-0.05, 0) is 34.8 Å². The first kappa shape index (κ1) is 8.75. The lowest BCUT2D eigenvalue weighted by atomic mass is 10.2. The number of aldehydes is 1. The summed E-state index contributed by atoms with van der Waals surface area (Å²) in [6.45, 7) is 0. The Bertz CT molecular complexity index is 332. The smallest absolute Gasteiger partial charge is 0.151 e. The van der Waals surface area contributed by atoms with E-state index in [1.54, 1.807) is 6.07 Å². The highest BCUT2D eigenvalue weighted by Crippen LogP contribution is 2.33. The van der Waals surface area contributed by atoms with Crippen LogP contribution >= 0.6 is 15.9 Å². The van der Waals surface area contributed by atoms with Crippen molar-refractivity contribution < 1.29 is 9.53 Å². The highest BCUT2D eigenvalue weighted by molar-refractivity contribution is 9.10. The fourth-order valence-corrected chi connectivity index (χ4v) is 1.53. The standard InChI is InChI=1S/C10H9BrO2/c11-10-7(6-12)2-1-3-9(10)13-8-4-5-8/h1-3,6,8H,4-5H2. The number of halogens is 1. The van der Waals surface area contributed by atoms with Crippen LogP contribution in [0, 0.1) is 0 Å². The Morgan fingerprint density at radius 1 is 1.46 bits per heavy atom. The minimum Gasteiger partial charge on any atom is -0.489 e. The van der Waals surface area contributed by atoms with Gasteiger partial charge in [-0.15, -0.1) is 0 Å². The van der Waals surface area contributed by atoms with E-state index >= 15 is 0 Å². The maximum absolute atomic E-state index is 10.6. The molecular weight excluding hydrogens is 232 g/mol. The molecular formula is C10H9BrO2. The molecule has 0 unspecified atom stereocenters. The molecule has 1 saturated carbocycles. The third kappa shape index (κ3) is 1.91. The lowest BCUT2D eigenvalue weighted by molar-refractivity contribution is 0.112. The first-order valence-electron chi connectivity index (χ1n) is 4.21. The number of hydrogen-bond acceptors (Lipinski definition) is 2. The van der Waals surface area contributed by atoms with E-state index in [-0.39, 0.29) is 0 Å². The van der Waals surface area contributed by atoms with Gasteiger partial charge < -0.3 is 4.74 Å². The Morgan fingerprint density at radius 2 is 2.23 bits per heavy atom. The average Bonchev–Trinajstić information content (AvgIpc) is 2.92. The van der Waals surface area contributed by atoms with Gasteiger partial charge in [0.05, 0.1) is 10.6 Å². The zero-order valence-corrected chi connectivity index (χ0v) is 8.58. The molecule has 1 aliphatic carbocycles. The molecule has 1 fully saturated rings. The van der Waals surface area contributed by atoms with Crippen LogP contribution in [0.4, 0.5) is 0 Å². The van der Waals surface area contributed by atoms with Gasteiger partial charge in [0, 0.05) is 5.56 Å². The second-order valence-corrected chi connectivity index (χ2v) is 3.89. The van der Waals surface area contributed by atoms with Crippen molar-refractivity contribution >= 4 is 22.2 Å². The second kappa shape index (κ2) is 3.50. The number of carbonyl (C=O) groups excluding carboxylic acids is 1. The Kier molecular flexibility index (Phi) is 2.36. The molecule has 2 nitrogen and oxygen atoms in total. The van der Waals surface area contributed by atoms with Crippen molar-refractivity contribution in [2.45, 2.75) is 18.9 Å². The van der Waals surface area contributed by atoms with E-state index in [4.69, 9.17) is 4.74 Å². The van der Waals surface area contributed by atoms with E-state index in [0.29, 0.717) is 11.7 Å². The van der Waals surface area contributed by atoms with Gasteiger partial charge in [0.15, 0.2) is 6.29 Å². The van der Waals surface area contributed by atoms with Crippen molar-refractivity contribution in [1.82, 2.24) is 0 Å². The van der Waals surface area contributed by atoms with Gasteiger partial charge in [0.1, 0.15) is 5.75 Å². The van der Waals surface area contributed by atoms with Gasteiger partial charge in [-0.25, -0.2) is 0 Å². The summed E-state index contributed by atoms with van der Waals surface area (Å²) in [6.07, 6.45) is 3.43. The Morgan fingerprint density at radius 3 is 2.85 bits per heavy atom. The van der Waals surface area contributed by atoms with E-state index in [0.717, 1.165) is 29.4 Å². The third-order valence-corrected chi connectivity index (χ3v) is 2.79. The molecule has 13 heavy (non-hydrogen) atoms. The maximum Gasteiger partial charge on any atom is 0.151 e. The lowest BCUT2D eigenvalue weighted by Crippen LogP contribution is -1.97. The van der Waals surface area contributed by atoms with Gasteiger partial charge in [0.2, 0.25) is 0 Å². The Balaban J connectivity index is 2.27. The minimum absolute atomic E-state index is 0.359. The normalized spacial score (nSPS) is 15.5. The lowest BCUT2D eigenvalue weighted by Gasteiger charge is -2.07. The van der Waals surface area contributed by atoms with Crippen LogP contribution in [-0.2, 0) is 0 Å². The Labute approximate surface area is 85.0 Å². The third-order valence-electron chi connectivity index (χ3n) is 1.94. The Hall–Kier alpha value is -0.830. The largest absolute Gasteiger partial charge is 0.489 e. The molecule has 0 heterocycles. The predicted octanol–water partition coefficient (Wildman–Crippen LogP) is 2.80. The monoisotopic (exact) mass is 240 g/mol. The fraction of sp³-hybridized carbons (Fsp3) is 0.300. The zero-order chi connectivity index (χ0) is 9.26. The summed E-state index contributed by atoms with van der Waals surface area (Å²) in [5.41, 5.74) is 0.637. The van der Waals surface area contributed by atoms with Crippen molar-refractivity contribution in [3.05, 3.63) is 28.2 Å². The summed E-state index contributed by atoms with van der Waals surface area (Å²) in [4.78, 5) is 10.6. The number of hydrogen-bond donors (Lipinski definition) is 0. The summed E-state index contributed by atoms with van der Waals surface area (Å²) in [5, 5.41) is 0. The molecule has 68 valence electrons.